The van der Waals surface area contributed by atoms with Gasteiger partial charge in [-0.2, -0.15) is 34.8 Å². The molecule has 0 saturated carbocycles. The molecule has 0 amide bonds. The van der Waals surface area contributed by atoms with Crippen LogP contribution in [0, 0.1) is 0 Å². The molecule has 0 aliphatic rings. The Labute approximate surface area is 248 Å². The third-order valence-electron chi connectivity index (χ3n) is 5.42. The van der Waals surface area contributed by atoms with E-state index in [0.717, 1.165) is 62.8 Å². The number of oxime groups is 1. The van der Waals surface area contributed by atoms with E-state index >= 15 is 0 Å². The minimum Gasteiger partial charge on any atom is -0.482 e. The number of esters is 2. The zero-order chi connectivity index (χ0) is 33.7. The van der Waals surface area contributed by atoms with Crippen LogP contribution in [0.5, 0.6) is 11.5 Å². The molecule has 2 rings (SSSR count). The molecule has 0 spiro atoms. The minimum atomic E-state index is -5.29. The highest BCUT2D eigenvalue weighted by molar-refractivity contribution is 7.85. The maximum absolute atomic E-state index is 14.1. The van der Waals surface area contributed by atoms with Gasteiger partial charge in [-0.15, -0.1) is 0 Å². The number of hydrogen-bond acceptors (Lipinski definition) is 10. The summed E-state index contributed by atoms with van der Waals surface area (Å²) in [5.74, 6) is -7.65. The summed E-state index contributed by atoms with van der Waals surface area (Å²) in [6.45, 7) is 0.600. The van der Waals surface area contributed by atoms with Crippen LogP contribution in [-0.4, -0.2) is 81.4 Å². The zero-order valence-corrected chi connectivity index (χ0v) is 24.2. The van der Waals surface area contributed by atoms with Gasteiger partial charge in [-0.05, 0) is 41.8 Å². The third-order valence-corrected chi connectivity index (χ3v) is 6.34. The lowest BCUT2D eigenvalue weighted by Gasteiger charge is -2.29. The van der Waals surface area contributed by atoms with Crippen molar-refractivity contribution in [1.29, 1.82) is 0 Å². The van der Waals surface area contributed by atoms with Crippen LogP contribution >= 0.6 is 0 Å². The summed E-state index contributed by atoms with van der Waals surface area (Å²) in [7, 11) is -1.48. The third kappa shape index (κ3) is 12.7. The predicted molar refractivity (Wildman–Crippen MR) is 141 cm³/mol. The first-order valence-corrected chi connectivity index (χ1v) is 13.9. The van der Waals surface area contributed by atoms with Gasteiger partial charge in [0.1, 0.15) is 23.3 Å². The van der Waals surface area contributed by atoms with Crippen molar-refractivity contribution in [2.45, 2.75) is 37.5 Å². The second-order valence-electron chi connectivity index (χ2n) is 8.63. The molecule has 0 saturated heterocycles. The normalized spacial score (nSPS) is 13.0. The van der Waals surface area contributed by atoms with Crippen LogP contribution in [0.25, 0.3) is 0 Å². The van der Waals surface area contributed by atoms with Gasteiger partial charge in [0, 0.05) is 0 Å². The molecule has 0 radical (unpaired) electrons. The molecule has 11 nitrogen and oxygen atoms in total. The van der Waals surface area contributed by atoms with Crippen molar-refractivity contribution in [2.75, 3.05) is 33.2 Å². The van der Waals surface area contributed by atoms with E-state index in [9.17, 15) is 49.6 Å². The number of halogens is 6. The Bertz CT molecular complexity index is 1260. The van der Waals surface area contributed by atoms with E-state index in [1.165, 1.54) is 0 Å². The van der Waals surface area contributed by atoms with Gasteiger partial charge in [0.2, 0.25) is 0 Å². The van der Waals surface area contributed by atoms with E-state index < -0.39 is 76.3 Å². The molecule has 0 fully saturated rings. The van der Waals surface area contributed by atoms with Gasteiger partial charge in [-0.3, -0.25) is 4.55 Å². The highest BCUT2D eigenvalue weighted by Crippen LogP contribution is 2.46. The van der Waals surface area contributed by atoms with Crippen LogP contribution in [0.1, 0.15) is 36.3 Å². The predicted octanol–water partition coefficient (Wildman–Crippen LogP) is 4.90. The molecule has 0 bridgehead atoms. The standard InChI is InChI=1S/C23H21F6NO7.C3H8O3S/c1-34-17(31)11-36-15-7-3-13(4-8-15)19(22(24,25)26)21(30-33)20(23(27,28)29)14-5-9-16(10-6-14)37-12-18(32)35-2;1-2-3-7(4,5)6/h3-10,19-20,33H,11-12H2,1-2H3;2-3H2,1H3,(H,4,5,6). The lowest BCUT2D eigenvalue weighted by molar-refractivity contribution is -0.148. The molecule has 246 valence electrons. The van der Waals surface area contributed by atoms with E-state index in [4.69, 9.17) is 14.0 Å². The second-order valence-corrected chi connectivity index (χ2v) is 10.2. The number of methoxy groups -OCH3 is 2. The van der Waals surface area contributed by atoms with Crippen molar-refractivity contribution in [3.8, 4) is 11.5 Å². The van der Waals surface area contributed by atoms with Crippen molar-refractivity contribution >= 4 is 27.8 Å². The summed E-state index contributed by atoms with van der Waals surface area (Å²) in [6, 6.07) is 7.43. The minimum absolute atomic E-state index is 0.0486. The summed E-state index contributed by atoms with van der Waals surface area (Å²) < 4.78 is 131. The largest absolute Gasteiger partial charge is 0.482 e. The molecular weight excluding hydrogens is 632 g/mol. The van der Waals surface area contributed by atoms with Crippen molar-refractivity contribution in [2.24, 2.45) is 5.16 Å². The second kappa shape index (κ2) is 16.7. The van der Waals surface area contributed by atoms with Gasteiger partial charge >= 0.3 is 24.3 Å². The van der Waals surface area contributed by atoms with E-state index in [2.05, 4.69) is 14.6 Å². The Morgan fingerprint density at radius 3 is 1.32 bits per heavy atom. The number of rotatable bonds is 12. The van der Waals surface area contributed by atoms with Crippen LogP contribution in [-0.2, 0) is 29.2 Å². The topological polar surface area (TPSA) is 158 Å². The molecule has 2 unspecified atom stereocenters. The average molecular weight is 662 g/mol. The average Bonchev–Trinajstić information content (AvgIpc) is 2.93. The SMILES string of the molecule is CCCS(=O)(=O)O.COC(=O)COc1ccc(C(C(=NO)C(c2ccc(OCC(=O)OC)cc2)C(F)(F)F)C(F)(F)F)cc1. The first-order valence-electron chi connectivity index (χ1n) is 12.3. The fourth-order valence-electron chi connectivity index (χ4n) is 3.51. The molecule has 44 heavy (non-hydrogen) atoms. The Kier molecular flexibility index (Phi) is 14.4. The van der Waals surface area contributed by atoms with Crippen LogP contribution in [0.3, 0.4) is 0 Å². The monoisotopic (exact) mass is 661 g/mol. The van der Waals surface area contributed by atoms with E-state index in [-0.39, 0.29) is 17.3 Å². The number of nitrogens with zero attached hydrogens (tertiary/aromatic N) is 1. The van der Waals surface area contributed by atoms with Crippen LogP contribution in [0.15, 0.2) is 53.7 Å². The summed E-state index contributed by atoms with van der Waals surface area (Å²) in [6.07, 6.45) is -10.1. The Balaban J connectivity index is 0.00000123. The highest BCUT2D eigenvalue weighted by atomic mass is 32.2. The zero-order valence-electron chi connectivity index (χ0n) is 23.4. The van der Waals surface area contributed by atoms with Gasteiger partial charge in [0.25, 0.3) is 10.1 Å². The number of carbonyl (C=O) groups is 2. The van der Waals surface area contributed by atoms with Crippen molar-refractivity contribution in [3.63, 3.8) is 0 Å². The van der Waals surface area contributed by atoms with Gasteiger partial charge in [0.05, 0.1) is 25.7 Å². The molecule has 0 aromatic heterocycles. The van der Waals surface area contributed by atoms with Crippen molar-refractivity contribution in [3.05, 3.63) is 59.7 Å². The highest BCUT2D eigenvalue weighted by Gasteiger charge is 2.54. The molecule has 0 aliphatic carbocycles. The fourth-order valence-corrected chi connectivity index (χ4v) is 4.03. The van der Waals surface area contributed by atoms with Gasteiger partial charge < -0.3 is 24.2 Å². The first-order chi connectivity index (χ1) is 20.4. The van der Waals surface area contributed by atoms with Crippen LogP contribution in [0.4, 0.5) is 26.3 Å². The maximum Gasteiger partial charge on any atom is 0.401 e. The number of ether oxygens (including phenoxy) is 4. The lowest BCUT2D eigenvalue weighted by Crippen LogP contribution is -2.38. The number of carbonyl (C=O) groups excluding carboxylic acids is 2. The Morgan fingerprint density at radius 2 is 1.11 bits per heavy atom. The molecular formula is C26H29F6NO10S. The fraction of sp³-hybridized carbons (Fsp3) is 0.423. The molecule has 2 aromatic rings. The summed E-state index contributed by atoms with van der Waals surface area (Å²) >= 11 is 0. The van der Waals surface area contributed by atoms with Gasteiger partial charge in [0.15, 0.2) is 13.2 Å². The Hall–Kier alpha value is -4.06. The first kappa shape index (κ1) is 38.0. The molecule has 2 aromatic carbocycles. The van der Waals surface area contributed by atoms with Crippen molar-refractivity contribution < 1.29 is 73.1 Å². The molecule has 0 heterocycles. The maximum atomic E-state index is 14.1. The summed E-state index contributed by atoms with van der Waals surface area (Å²) in [5.41, 5.74) is -2.96. The molecule has 0 aliphatic heterocycles. The van der Waals surface area contributed by atoms with Crippen LogP contribution < -0.4 is 9.47 Å². The number of benzene rings is 2. The van der Waals surface area contributed by atoms with Crippen molar-refractivity contribution in [1.82, 2.24) is 0 Å². The Morgan fingerprint density at radius 1 is 0.773 bits per heavy atom. The quantitative estimate of drug-likeness (QED) is 0.0801. The molecule has 18 heteroatoms. The smallest absolute Gasteiger partial charge is 0.401 e. The van der Waals surface area contributed by atoms with E-state index in [0.29, 0.717) is 6.42 Å². The number of alkyl halides is 6. The number of hydrogen-bond donors (Lipinski definition) is 2. The summed E-state index contributed by atoms with van der Waals surface area (Å²) in [5, 5.41) is 11.9. The summed E-state index contributed by atoms with van der Waals surface area (Å²) in [4.78, 5) is 22.3. The lowest BCUT2D eigenvalue weighted by atomic mass is 9.82. The molecule has 2 N–H and O–H groups in total. The van der Waals surface area contributed by atoms with Gasteiger partial charge in [-0.1, -0.05) is 36.3 Å². The molecule has 2 atom stereocenters. The van der Waals surface area contributed by atoms with Crippen LogP contribution in [0.2, 0.25) is 0 Å². The van der Waals surface area contributed by atoms with E-state index in [1.807, 2.05) is 0 Å². The van der Waals surface area contributed by atoms with E-state index in [1.54, 1.807) is 6.92 Å². The van der Waals surface area contributed by atoms with Gasteiger partial charge in [-0.25, -0.2) is 9.59 Å².